The molecule has 2 aliphatic rings. The summed E-state index contributed by atoms with van der Waals surface area (Å²) in [5, 5.41) is 4.88. The van der Waals surface area contributed by atoms with Crippen LogP contribution in [0.25, 0.3) is 11.0 Å². The van der Waals surface area contributed by atoms with Crippen LogP contribution in [0.15, 0.2) is 41.3 Å². The SMILES string of the molecule is C[C@@H]1CN(c2cc(=O)n(C)c3cn(C4CCCCO4)nc23)[C@@H](C)CN1Cc1ccc(OC(F)(F)F)cc1. The number of pyridine rings is 1. The van der Waals surface area contributed by atoms with Crippen LogP contribution in [0.3, 0.4) is 0 Å². The highest BCUT2D eigenvalue weighted by atomic mass is 19.4. The van der Waals surface area contributed by atoms with E-state index in [1.807, 2.05) is 10.9 Å². The molecule has 0 saturated carbocycles. The molecule has 2 fully saturated rings. The van der Waals surface area contributed by atoms with Crippen LogP contribution >= 0.6 is 0 Å². The molecule has 8 nitrogen and oxygen atoms in total. The number of aromatic nitrogens is 3. The normalized spacial score (nSPS) is 23.5. The number of piperazine rings is 1. The highest BCUT2D eigenvalue weighted by Crippen LogP contribution is 2.31. The molecule has 0 spiro atoms. The Labute approximate surface area is 213 Å². The quantitative estimate of drug-likeness (QED) is 0.497. The third kappa shape index (κ3) is 5.47. The van der Waals surface area contributed by atoms with Gasteiger partial charge in [-0.15, -0.1) is 13.2 Å². The van der Waals surface area contributed by atoms with Gasteiger partial charge in [0.2, 0.25) is 0 Å². The standard InChI is InChI=1S/C26H32F3N5O3/c1-17-14-33(18(2)13-32(17)15-19-7-9-20(10-8-19)37-26(27,28)29)21-12-23(35)31(3)22-16-34(30-25(21)22)24-6-4-5-11-36-24/h7-10,12,16-18,24H,4-6,11,13-15H2,1-3H3/t17-,18+,24?/m1/s1. The second kappa shape index (κ2) is 10.0. The smallest absolute Gasteiger partial charge is 0.406 e. The zero-order valence-corrected chi connectivity index (χ0v) is 21.2. The largest absolute Gasteiger partial charge is 0.573 e. The van der Waals surface area contributed by atoms with Gasteiger partial charge < -0.3 is 18.9 Å². The van der Waals surface area contributed by atoms with Crippen LogP contribution in [-0.2, 0) is 18.3 Å². The number of halogens is 3. The first-order chi connectivity index (χ1) is 17.6. The van der Waals surface area contributed by atoms with Crippen molar-refractivity contribution in [3.8, 4) is 5.75 Å². The van der Waals surface area contributed by atoms with Crippen molar-refractivity contribution >= 4 is 16.7 Å². The Hall–Kier alpha value is -3.05. The van der Waals surface area contributed by atoms with E-state index in [-0.39, 0.29) is 29.6 Å². The van der Waals surface area contributed by atoms with Crippen molar-refractivity contribution < 1.29 is 22.6 Å². The minimum absolute atomic E-state index is 0.0879. The Kier molecular flexibility index (Phi) is 6.93. The van der Waals surface area contributed by atoms with E-state index in [1.165, 1.54) is 12.1 Å². The van der Waals surface area contributed by atoms with Gasteiger partial charge in [0.25, 0.3) is 5.56 Å². The Morgan fingerprint density at radius 3 is 2.54 bits per heavy atom. The average molecular weight is 520 g/mol. The number of alkyl halides is 3. The first kappa shape index (κ1) is 25.6. The number of hydrogen-bond donors (Lipinski definition) is 0. The van der Waals surface area contributed by atoms with E-state index in [0.29, 0.717) is 19.7 Å². The van der Waals surface area contributed by atoms with E-state index >= 15 is 0 Å². The highest BCUT2D eigenvalue weighted by molar-refractivity contribution is 5.88. The Morgan fingerprint density at radius 2 is 1.86 bits per heavy atom. The summed E-state index contributed by atoms with van der Waals surface area (Å²) in [7, 11) is 1.76. The fraction of sp³-hybridized carbons (Fsp3) is 0.538. The van der Waals surface area contributed by atoms with Crippen molar-refractivity contribution in [2.75, 3.05) is 24.6 Å². The van der Waals surface area contributed by atoms with Gasteiger partial charge in [-0.3, -0.25) is 9.69 Å². The van der Waals surface area contributed by atoms with Gasteiger partial charge in [0.1, 0.15) is 17.5 Å². The molecule has 0 aliphatic carbocycles. The van der Waals surface area contributed by atoms with Crippen molar-refractivity contribution in [2.24, 2.45) is 7.05 Å². The van der Waals surface area contributed by atoms with Gasteiger partial charge in [-0.25, -0.2) is 4.68 Å². The molecule has 4 heterocycles. The highest BCUT2D eigenvalue weighted by Gasteiger charge is 2.33. The predicted molar refractivity (Wildman–Crippen MR) is 134 cm³/mol. The number of hydrogen-bond acceptors (Lipinski definition) is 6. The van der Waals surface area contributed by atoms with Gasteiger partial charge in [0, 0.05) is 51.4 Å². The Bertz CT molecular complexity index is 1300. The minimum Gasteiger partial charge on any atom is -0.406 e. The topological polar surface area (TPSA) is 64.8 Å². The lowest BCUT2D eigenvalue weighted by molar-refractivity contribution is -0.274. The second-order valence-corrected chi connectivity index (χ2v) is 10.1. The van der Waals surface area contributed by atoms with Gasteiger partial charge in [-0.05, 0) is 50.8 Å². The maximum Gasteiger partial charge on any atom is 0.573 e. The monoisotopic (exact) mass is 519 g/mol. The van der Waals surface area contributed by atoms with Crippen LogP contribution in [0, 0.1) is 0 Å². The molecule has 1 aromatic carbocycles. The Morgan fingerprint density at radius 1 is 1.11 bits per heavy atom. The number of anilines is 1. The fourth-order valence-corrected chi connectivity index (χ4v) is 5.29. The lowest BCUT2D eigenvalue weighted by Gasteiger charge is -2.45. The number of aryl methyl sites for hydroxylation is 1. The van der Waals surface area contributed by atoms with Gasteiger partial charge in [0.15, 0.2) is 0 Å². The summed E-state index contributed by atoms with van der Waals surface area (Å²) in [5.74, 6) is -0.227. The predicted octanol–water partition coefficient (Wildman–Crippen LogP) is 4.43. The maximum atomic E-state index is 12.9. The van der Waals surface area contributed by atoms with E-state index in [9.17, 15) is 18.0 Å². The molecule has 0 radical (unpaired) electrons. The van der Waals surface area contributed by atoms with Crippen LogP contribution in [0.2, 0.25) is 0 Å². The number of rotatable bonds is 5. The molecule has 0 N–H and O–H groups in total. The van der Waals surface area contributed by atoms with Gasteiger partial charge in [-0.1, -0.05) is 12.1 Å². The lowest BCUT2D eigenvalue weighted by atomic mass is 10.1. The summed E-state index contributed by atoms with van der Waals surface area (Å²) < 4.78 is 50.7. The van der Waals surface area contributed by atoms with Crippen molar-refractivity contribution in [3.63, 3.8) is 0 Å². The molecule has 0 amide bonds. The molecular formula is C26H32F3N5O3. The molecular weight excluding hydrogens is 487 g/mol. The zero-order chi connectivity index (χ0) is 26.3. The number of fused-ring (bicyclic) bond motifs is 1. The third-order valence-electron chi connectivity index (χ3n) is 7.33. The summed E-state index contributed by atoms with van der Waals surface area (Å²) >= 11 is 0. The van der Waals surface area contributed by atoms with Crippen molar-refractivity contribution in [1.29, 1.82) is 0 Å². The molecule has 1 unspecified atom stereocenters. The van der Waals surface area contributed by atoms with E-state index in [2.05, 4.69) is 28.4 Å². The number of benzene rings is 1. The average Bonchev–Trinajstić information content (AvgIpc) is 3.30. The molecule has 11 heteroatoms. The number of nitrogens with zero attached hydrogens (tertiary/aromatic N) is 5. The van der Waals surface area contributed by atoms with E-state index in [4.69, 9.17) is 9.84 Å². The van der Waals surface area contributed by atoms with Crippen LogP contribution in [0.4, 0.5) is 18.9 Å². The van der Waals surface area contributed by atoms with E-state index in [1.54, 1.807) is 29.8 Å². The van der Waals surface area contributed by atoms with E-state index < -0.39 is 6.36 Å². The fourth-order valence-electron chi connectivity index (χ4n) is 5.29. The number of ether oxygens (including phenoxy) is 2. The summed E-state index contributed by atoms with van der Waals surface area (Å²) in [6.07, 6.45) is 0.114. The molecule has 5 rings (SSSR count). The molecule has 200 valence electrons. The lowest BCUT2D eigenvalue weighted by Crippen LogP contribution is -2.56. The third-order valence-corrected chi connectivity index (χ3v) is 7.33. The molecule has 2 aliphatic heterocycles. The summed E-state index contributed by atoms with van der Waals surface area (Å²) in [6.45, 7) is 6.96. The summed E-state index contributed by atoms with van der Waals surface area (Å²) in [6, 6.07) is 7.91. The van der Waals surface area contributed by atoms with Gasteiger partial charge >= 0.3 is 6.36 Å². The van der Waals surface area contributed by atoms with Crippen molar-refractivity contribution in [1.82, 2.24) is 19.2 Å². The molecule has 2 aromatic heterocycles. The summed E-state index contributed by atoms with van der Waals surface area (Å²) in [4.78, 5) is 17.4. The molecule has 3 atom stereocenters. The first-order valence-corrected chi connectivity index (χ1v) is 12.6. The Balaban J connectivity index is 1.35. The maximum absolute atomic E-state index is 12.9. The zero-order valence-electron chi connectivity index (χ0n) is 21.2. The van der Waals surface area contributed by atoms with Gasteiger partial charge in [-0.2, -0.15) is 5.10 Å². The van der Waals surface area contributed by atoms with Crippen molar-refractivity contribution in [2.45, 2.75) is 64.3 Å². The van der Waals surface area contributed by atoms with Gasteiger partial charge in [0.05, 0.1) is 17.4 Å². The van der Waals surface area contributed by atoms with Crippen LogP contribution in [-0.4, -0.2) is 57.4 Å². The van der Waals surface area contributed by atoms with Crippen molar-refractivity contribution in [3.05, 3.63) is 52.4 Å². The van der Waals surface area contributed by atoms with Crippen LogP contribution in [0.5, 0.6) is 5.75 Å². The molecule has 3 aromatic rings. The molecule has 37 heavy (non-hydrogen) atoms. The van der Waals surface area contributed by atoms with Crippen LogP contribution in [0.1, 0.15) is 44.9 Å². The second-order valence-electron chi connectivity index (χ2n) is 10.1. The minimum atomic E-state index is -4.70. The molecule has 0 bridgehead atoms. The first-order valence-electron chi connectivity index (χ1n) is 12.6. The van der Waals surface area contributed by atoms with E-state index in [0.717, 1.165) is 48.1 Å². The molecule has 2 saturated heterocycles. The van der Waals surface area contributed by atoms with Crippen LogP contribution < -0.4 is 15.2 Å². The summed E-state index contributed by atoms with van der Waals surface area (Å²) in [5.41, 5.74) is 3.20.